The van der Waals surface area contributed by atoms with Crippen molar-refractivity contribution in [3.05, 3.63) is 98.9 Å². The fourth-order valence-electron chi connectivity index (χ4n) is 3.18. The number of aryl methyl sites for hydroxylation is 1. The first-order chi connectivity index (χ1) is 15.3. The van der Waals surface area contributed by atoms with Crippen LogP contribution in [0.5, 0.6) is 0 Å². The number of esters is 1. The molecule has 0 fully saturated rings. The molecular weight excluding hydrogens is 417 g/mol. The Bertz CT molecular complexity index is 1410. The number of hydrogen-bond donors (Lipinski definition) is 1. The molecule has 0 spiro atoms. The van der Waals surface area contributed by atoms with Gasteiger partial charge in [-0.15, -0.1) is 4.57 Å². The molecule has 1 amide bonds. The first-order valence-electron chi connectivity index (χ1n) is 9.65. The number of anilines is 1. The first-order valence-corrected chi connectivity index (χ1v) is 9.65. The number of ether oxygens (including phenoxy) is 1. The zero-order valence-electron chi connectivity index (χ0n) is 17.2. The minimum Gasteiger partial charge on any atom is -0.456 e. The Morgan fingerprint density at radius 3 is 2.69 bits per heavy atom. The van der Waals surface area contributed by atoms with Gasteiger partial charge in [-0.1, -0.05) is 12.1 Å². The summed E-state index contributed by atoms with van der Waals surface area (Å²) < 4.78 is 25.0. The van der Waals surface area contributed by atoms with E-state index in [1.54, 1.807) is 38.1 Å². The lowest BCUT2D eigenvalue weighted by Crippen LogP contribution is -2.16. The molecule has 0 bridgehead atoms. The second-order valence-corrected chi connectivity index (χ2v) is 7.10. The number of rotatable bonds is 5. The summed E-state index contributed by atoms with van der Waals surface area (Å²) >= 11 is 0. The Balaban J connectivity index is 1.49. The van der Waals surface area contributed by atoms with Crippen LogP contribution in [0.2, 0.25) is 0 Å². The van der Waals surface area contributed by atoms with Crippen molar-refractivity contribution in [3.63, 3.8) is 0 Å². The van der Waals surface area contributed by atoms with E-state index in [1.165, 1.54) is 24.3 Å². The zero-order valence-corrected chi connectivity index (χ0v) is 17.2. The number of carbonyl (C=O) groups is 2. The van der Waals surface area contributed by atoms with E-state index in [1.807, 2.05) is 0 Å². The molecule has 0 saturated heterocycles. The van der Waals surface area contributed by atoms with Crippen molar-refractivity contribution in [1.82, 2.24) is 9.56 Å². The van der Waals surface area contributed by atoms with Crippen LogP contribution in [0.25, 0.3) is 5.65 Å². The van der Waals surface area contributed by atoms with Crippen molar-refractivity contribution in [2.75, 3.05) is 5.32 Å². The zero-order chi connectivity index (χ0) is 22.8. The van der Waals surface area contributed by atoms with Gasteiger partial charge in [0.25, 0.3) is 11.5 Å². The maximum absolute atomic E-state index is 13.4. The second-order valence-electron chi connectivity index (χ2n) is 7.10. The Morgan fingerprint density at radius 2 is 1.91 bits per heavy atom. The number of aromatic nitrogens is 2. The van der Waals surface area contributed by atoms with Crippen molar-refractivity contribution in [1.29, 1.82) is 0 Å². The second kappa shape index (κ2) is 8.46. The van der Waals surface area contributed by atoms with Gasteiger partial charge in [0.1, 0.15) is 18.2 Å². The van der Waals surface area contributed by atoms with Gasteiger partial charge in [0.2, 0.25) is 0 Å². The quantitative estimate of drug-likeness (QED) is 0.480. The highest BCUT2D eigenvalue weighted by Crippen LogP contribution is 2.21. The van der Waals surface area contributed by atoms with Gasteiger partial charge in [0, 0.05) is 23.4 Å². The first kappa shape index (κ1) is 21.0. The molecule has 9 heteroatoms. The van der Waals surface area contributed by atoms with Crippen molar-refractivity contribution < 1.29 is 23.2 Å². The highest BCUT2D eigenvalue weighted by molar-refractivity contribution is 6.05. The maximum atomic E-state index is 13.4. The van der Waals surface area contributed by atoms with Crippen LogP contribution in [-0.4, -0.2) is 21.4 Å². The lowest BCUT2D eigenvalue weighted by Gasteiger charge is -2.12. The maximum Gasteiger partial charge on any atom is 0.338 e. The number of nitrogens with zero attached hydrogens (tertiary/aromatic N) is 2. The summed E-state index contributed by atoms with van der Waals surface area (Å²) in [5.74, 6) is -1.15. The third-order valence-electron chi connectivity index (χ3n) is 4.76. The van der Waals surface area contributed by atoms with Crippen molar-refractivity contribution in [2.45, 2.75) is 20.5 Å². The Morgan fingerprint density at radius 1 is 1.12 bits per heavy atom. The van der Waals surface area contributed by atoms with Crippen LogP contribution in [0, 0.1) is 19.7 Å². The molecule has 2 heterocycles. The van der Waals surface area contributed by atoms with Crippen LogP contribution < -0.4 is 10.9 Å². The van der Waals surface area contributed by atoms with Gasteiger partial charge in [-0.2, -0.15) is 0 Å². The van der Waals surface area contributed by atoms with Crippen LogP contribution in [-0.2, 0) is 11.3 Å². The van der Waals surface area contributed by atoms with E-state index >= 15 is 0 Å². The molecule has 2 aromatic heterocycles. The summed E-state index contributed by atoms with van der Waals surface area (Å²) in [5, 5.41) is 2.67. The molecule has 0 aliphatic carbocycles. The standard InChI is InChI=1S/C23H18FN3O5/c1-13-9-20-25-17(11-21(28)27(20)32-13)12-31-23(30)18-7-4-8-19(14(18)2)26-22(29)15-5-3-6-16(24)10-15/h3-11H,12H2,1-2H3,(H,26,29). The Kier molecular flexibility index (Phi) is 5.55. The van der Waals surface area contributed by atoms with E-state index in [2.05, 4.69) is 10.3 Å². The van der Waals surface area contributed by atoms with E-state index in [4.69, 9.17) is 9.26 Å². The minimum absolute atomic E-state index is 0.152. The molecule has 0 aliphatic heterocycles. The average Bonchev–Trinajstić information content (AvgIpc) is 3.14. The molecule has 0 aliphatic rings. The molecule has 1 N–H and O–H groups in total. The van der Waals surface area contributed by atoms with E-state index in [0.717, 1.165) is 10.6 Å². The lowest BCUT2D eigenvalue weighted by atomic mass is 10.1. The normalized spacial score (nSPS) is 10.8. The molecule has 0 atom stereocenters. The largest absolute Gasteiger partial charge is 0.456 e. The number of carbonyl (C=O) groups excluding carboxylic acids is 2. The van der Waals surface area contributed by atoms with Crippen molar-refractivity contribution in [3.8, 4) is 0 Å². The van der Waals surface area contributed by atoms with Gasteiger partial charge in [-0.3, -0.25) is 9.59 Å². The average molecular weight is 435 g/mol. The number of benzene rings is 2. The number of halogens is 1. The molecule has 0 saturated carbocycles. The van der Waals surface area contributed by atoms with E-state index in [9.17, 15) is 18.8 Å². The monoisotopic (exact) mass is 435 g/mol. The van der Waals surface area contributed by atoms with E-state index in [0.29, 0.717) is 22.7 Å². The van der Waals surface area contributed by atoms with Gasteiger partial charge in [-0.05, 0) is 49.7 Å². The highest BCUT2D eigenvalue weighted by Gasteiger charge is 2.16. The Hall–Kier alpha value is -4.27. The third kappa shape index (κ3) is 4.27. The van der Waals surface area contributed by atoms with E-state index < -0.39 is 23.3 Å². The summed E-state index contributed by atoms with van der Waals surface area (Å²) in [7, 11) is 0. The van der Waals surface area contributed by atoms with Gasteiger partial charge >= 0.3 is 5.97 Å². The van der Waals surface area contributed by atoms with Crippen LogP contribution in [0.4, 0.5) is 10.1 Å². The molecule has 4 rings (SSSR count). The minimum atomic E-state index is -0.644. The summed E-state index contributed by atoms with van der Waals surface area (Å²) in [6, 6.07) is 12.9. The van der Waals surface area contributed by atoms with Crippen molar-refractivity contribution >= 4 is 23.2 Å². The van der Waals surface area contributed by atoms with Gasteiger partial charge in [0.15, 0.2) is 5.65 Å². The molecule has 32 heavy (non-hydrogen) atoms. The van der Waals surface area contributed by atoms with Crippen LogP contribution in [0.15, 0.2) is 63.9 Å². The predicted octanol–water partition coefficient (Wildman–Crippen LogP) is 3.65. The number of hydrogen-bond acceptors (Lipinski definition) is 6. The summed E-state index contributed by atoms with van der Waals surface area (Å²) in [4.78, 5) is 41.4. The van der Waals surface area contributed by atoms with Gasteiger partial charge in [0.05, 0.1) is 11.3 Å². The molecular formula is C23H18FN3O5. The number of nitrogens with one attached hydrogen (secondary N) is 1. The van der Waals surface area contributed by atoms with Crippen LogP contribution in [0.3, 0.4) is 0 Å². The van der Waals surface area contributed by atoms with Crippen LogP contribution >= 0.6 is 0 Å². The molecule has 8 nitrogen and oxygen atoms in total. The van der Waals surface area contributed by atoms with E-state index in [-0.39, 0.29) is 23.4 Å². The topological polar surface area (TPSA) is 103 Å². The smallest absolute Gasteiger partial charge is 0.338 e. The summed E-state index contributed by atoms with van der Waals surface area (Å²) in [6.45, 7) is 3.13. The molecule has 4 aromatic rings. The third-order valence-corrected chi connectivity index (χ3v) is 4.76. The SMILES string of the molecule is Cc1cc2nc(COC(=O)c3cccc(NC(=O)c4cccc(F)c4)c3C)cc(=O)n2o1. The van der Waals surface area contributed by atoms with Crippen LogP contribution in [0.1, 0.15) is 37.7 Å². The molecule has 0 unspecified atom stereocenters. The Labute approximate surface area is 181 Å². The number of fused-ring (bicyclic) bond motifs is 1. The van der Waals surface area contributed by atoms with Crippen molar-refractivity contribution in [2.24, 2.45) is 0 Å². The molecule has 0 radical (unpaired) electrons. The fraction of sp³-hybridized carbons (Fsp3) is 0.130. The molecule has 162 valence electrons. The summed E-state index contributed by atoms with van der Waals surface area (Å²) in [6.07, 6.45) is 0. The van der Waals surface area contributed by atoms with Gasteiger partial charge in [-0.25, -0.2) is 14.2 Å². The fourth-order valence-corrected chi connectivity index (χ4v) is 3.18. The predicted molar refractivity (Wildman–Crippen MR) is 113 cm³/mol. The number of amides is 1. The lowest BCUT2D eigenvalue weighted by molar-refractivity contribution is 0.0466. The highest BCUT2D eigenvalue weighted by atomic mass is 19.1. The molecule has 2 aromatic carbocycles. The van der Waals surface area contributed by atoms with Gasteiger partial charge < -0.3 is 14.6 Å². The summed E-state index contributed by atoms with van der Waals surface area (Å²) in [5.41, 5.74) is 1.43.